The summed E-state index contributed by atoms with van der Waals surface area (Å²) >= 11 is 0. The Labute approximate surface area is 202 Å². The van der Waals surface area contributed by atoms with E-state index in [9.17, 15) is 4.79 Å². The number of hydrogen-bond donors (Lipinski definition) is 1. The maximum absolute atomic E-state index is 13.1. The highest BCUT2D eigenvalue weighted by Crippen LogP contribution is 2.29. The van der Waals surface area contributed by atoms with Gasteiger partial charge in [-0.25, -0.2) is 19.9 Å². The Morgan fingerprint density at radius 1 is 1.09 bits per heavy atom. The van der Waals surface area contributed by atoms with Crippen molar-refractivity contribution in [3.8, 4) is 11.4 Å². The minimum Gasteiger partial charge on any atom is -0.378 e. The van der Waals surface area contributed by atoms with E-state index >= 15 is 0 Å². The summed E-state index contributed by atoms with van der Waals surface area (Å²) in [5, 5.41) is 2.81. The fourth-order valence-corrected chi connectivity index (χ4v) is 3.88. The SMILES string of the molecule is CCn1c(-c2ccncc2)nc2c(N3CCOCC3)nc(C(=O)Nc3cc(C)ccn3)nc21.Cl. The standard InChI is InChI=1S/C23H24N8O2.ClH/c1-3-31-20(16-5-7-24-8-6-16)27-18-21(30-10-12-33-13-11-30)28-19(29-22(18)31)23(32)26-17-14-15(2)4-9-25-17;/h4-9,14H,3,10-13H2,1-2H3,(H,25,26,32);1H. The lowest BCUT2D eigenvalue weighted by molar-refractivity contribution is 0.101. The molecule has 1 aliphatic rings. The maximum Gasteiger partial charge on any atom is 0.294 e. The highest BCUT2D eigenvalue weighted by molar-refractivity contribution is 6.03. The minimum absolute atomic E-state index is 0. The summed E-state index contributed by atoms with van der Waals surface area (Å²) in [6, 6.07) is 7.49. The Kier molecular flexibility index (Phi) is 6.99. The Bertz CT molecular complexity index is 1310. The monoisotopic (exact) mass is 480 g/mol. The number of nitrogens with zero attached hydrogens (tertiary/aromatic N) is 7. The average Bonchev–Trinajstić information content (AvgIpc) is 3.23. The van der Waals surface area contributed by atoms with Crippen LogP contribution in [-0.2, 0) is 11.3 Å². The van der Waals surface area contributed by atoms with Crippen LogP contribution in [0.25, 0.3) is 22.6 Å². The van der Waals surface area contributed by atoms with Crippen LogP contribution in [0.4, 0.5) is 11.6 Å². The number of imidazole rings is 1. The van der Waals surface area contributed by atoms with Gasteiger partial charge in [-0.3, -0.25) is 9.78 Å². The second-order valence-electron chi connectivity index (χ2n) is 7.73. The first kappa shape index (κ1) is 23.5. The van der Waals surface area contributed by atoms with Gasteiger partial charge in [-0.2, -0.15) is 0 Å². The lowest BCUT2D eigenvalue weighted by Crippen LogP contribution is -2.37. The smallest absolute Gasteiger partial charge is 0.294 e. The van der Waals surface area contributed by atoms with Gasteiger partial charge in [0.05, 0.1) is 13.2 Å². The van der Waals surface area contributed by atoms with Gasteiger partial charge in [0.15, 0.2) is 17.0 Å². The van der Waals surface area contributed by atoms with E-state index in [1.807, 2.05) is 36.6 Å². The molecule has 0 aromatic carbocycles. The lowest BCUT2D eigenvalue weighted by Gasteiger charge is -2.28. The van der Waals surface area contributed by atoms with Crippen LogP contribution >= 0.6 is 12.4 Å². The van der Waals surface area contributed by atoms with E-state index in [-0.39, 0.29) is 18.2 Å². The third kappa shape index (κ3) is 4.55. The highest BCUT2D eigenvalue weighted by Gasteiger charge is 2.25. The third-order valence-corrected chi connectivity index (χ3v) is 5.50. The molecule has 0 saturated carbocycles. The van der Waals surface area contributed by atoms with Crippen LogP contribution in [0.15, 0.2) is 42.9 Å². The molecule has 5 rings (SSSR count). The molecule has 1 saturated heterocycles. The summed E-state index contributed by atoms with van der Waals surface area (Å²) < 4.78 is 7.51. The molecular formula is C23H25ClN8O2. The van der Waals surface area contributed by atoms with Crippen LogP contribution in [0.2, 0.25) is 0 Å². The first-order valence-corrected chi connectivity index (χ1v) is 10.9. The van der Waals surface area contributed by atoms with Crippen molar-refractivity contribution in [2.24, 2.45) is 0 Å². The summed E-state index contributed by atoms with van der Waals surface area (Å²) in [7, 11) is 0. The minimum atomic E-state index is -0.418. The molecule has 0 spiro atoms. The molecule has 1 amide bonds. The zero-order valence-electron chi connectivity index (χ0n) is 18.9. The quantitative estimate of drug-likeness (QED) is 0.463. The van der Waals surface area contributed by atoms with Gasteiger partial charge in [0.1, 0.15) is 11.6 Å². The number of aromatic nitrogens is 6. The number of nitrogens with one attached hydrogen (secondary N) is 1. The first-order chi connectivity index (χ1) is 16.1. The fourth-order valence-electron chi connectivity index (χ4n) is 3.88. The third-order valence-electron chi connectivity index (χ3n) is 5.50. The normalized spacial score (nSPS) is 13.5. The number of rotatable bonds is 5. The molecule has 0 aliphatic carbocycles. The van der Waals surface area contributed by atoms with Crippen molar-refractivity contribution in [2.45, 2.75) is 20.4 Å². The molecule has 0 atom stereocenters. The zero-order valence-corrected chi connectivity index (χ0v) is 19.7. The number of morpholine rings is 1. The van der Waals surface area contributed by atoms with Crippen LogP contribution in [0.5, 0.6) is 0 Å². The summed E-state index contributed by atoms with van der Waals surface area (Å²) in [5.41, 5.74) is 3.20. The molecule has 10 nitrogen and oxygen atoms in total. The Morgan fingerprint density at radius 3 is 2.56 bits per heavy atom. The molecule has 176 valence electrons. The van der Waals surface area contributed by atoms with Crippen LogP contribution in [0, 0.1) is 6.92 Å². The maximum atomic E-state index is 13.1. The molecule has 0 unspecified atom stereocenters. The molecule has 1 N–H and O–H groups in total. The van der Waals surface area contributed by atoms with Crippen LogP contribution in [0.1, 0.15) is 23.1 Å². The van der Waals surface area contributed by atoms with E-state index in [1.165, 1.54) is 0 Å². The summed E-state index contributed by atoms with van der Waals surface area (Å²) in [6.45, 7) is 7.11. The number of hydrogen-bond acceptors (Lipinski definition) is 8. The second kappa shape index (κ2) is 10.1. The largest absolute Gasteiger partial charge is 0.378 e. The van der Waals surface area contributed by atoms with E-state index in [4.69, 9.17) is 9.72 Å². The first-order valence-electron chi connectivity index (χ1n) is 10.9. The highest BCUT2D eigenvalue weighted by atomic mass is 35.5. The predicted molar refractivity (Wildman–Crippen MR) is 131 cm³/mol. The van der Waals surface area contributed by atoms with Gasteiger partial charge in [-0.15, -0.1) is 12.4 Å². The topological polar surface area (TPSA) is 111 Å². The number of carbonyl (C=O) groups is 1. The van der Waals surface area contributed by atoms with Gasteiger partial charge >= 0.3 is 0 Å². The van der Waals surface area contributed by atoms with Crippen molar-refractivity contribution < 1.29 is 9.53 Å². The van der Waals surface area contributed by atoms with Crippen molar-refractivity contribution in [2.75, 3.05) is 36.5 Å². The molecular weight excluding hydrogens is 456 g/mol. The molecule has 34 heavy (non-hydrogen) atoms. The summed E-state index contributed by atoms with van der Waals surface area (Å²) in [5.74, 6) is 1.50. The number of aryl methyl sites for hydroxylation is 2. The molecule has 4 aromatic heterocycles. The molecule has 11 heteroatoms. The second-order valence-corrected chi connectivity index (χ2v) is 7.73. The van der Waals surface area contributed by atoms with Crippen LogP contribution in [-0.4, -0.2) is 61.7 Å². The number of ether oxygens (including phenoxy) is 1. The van der Waals surface area contributed by atoms with Crippen molar-refractivity contribution in [1.82, 2.24) is 29.5 Å². The number of pyridine rings is 2. The fraction of sp³-hybridized carbons (Fsp3) is 0.304. The molecule has 1 fully saturated rings. The van der Waals surface area contributed by atoms with E-state index in [0.717, 1.165) is 17.0 Å². The molecule has 0 radical (unpaired) electrons. The number of anilines is 2. The predicted octanol–water partition coefficient (Wildman–Crippen LogP) is 3.12. The molecule has 4 aromatic rings. The average molecular weight is 481 g/mol. The number of fused-ring (bicyclic) bond motifs is 1. The zero-order chi connectivity index (χ0) is 22.8. The van der Waals surface area contributed by atoms with E-state index < -0.39 is 5.91 Å². The van der Waals surface area contributed by atoms with Gasteiger partial charge in [-0.1, -0.05) is 0 Å². The van der Waals surface area contributed by atoms with Crippen molar-refractivity contribution in [3.05, 3.63) is 54.2 Å². The van der Waals surface area contributed by atoms with Crippen LogP contribution in [0.3, 0.4) is 0 Å². The molecule has 5 heterocycles. The van der Waals surface area contributed by atoms with Gasteiger partial charge < -0.3 is 19.5 Å². The lowest BCUT2D eigenvalue weighted by atomic mass is 10.2. The Hall–Kier alpha value is -3.63. The Morgan fingerprint density at radius 2 is 1.85 bits per heavy atom. The van der Waals surface area contributed by atoms with Crippen LogP contribution < -0.4 is 10.2 Å². The van der Waals surface area contributed by atoms with E-state index in [1.54, 1.807) is 24.7 Å². The van der Waals surface area contributed by atoms with Crippen molar-refractivity contribution in [3.63, 3.8) is 0 Å². The van der Waals surface area contributed by atoms with Gasteiger partial charge in [0.2, 0.25) is 5.82 Å². The van der Waals surface area contributed by atoms with Gasteiger partial charge in [0, 0.05) is 43.8 Å². The Balaban J connectivity index is 0.00000274. The van der Waals surface area contributed by atoms with Crippen molar-refractivity contribution >= 4 is 41.1 Å². The number of amides is 1. The van der Waals surface area contributed by atoms with Crippen molar-refractivity contribution in [1.29, 1.82) is 0 Å². The molecule has 1 aliphatic heterocycles. The number of halogens is 1. The summed E-state index contributed by atoms with van der Waals surface area (Å²) in [4.78, 5) is 37.8. The molecule has 0 bridgehead atoms. The summed E-state index contributed by atoms with van der Waals surface area (Å²) in [6.07, 6.45) is 5.12. The van der Waals surface area contributed by atoms with E-state index in [0.29, 0.717) is 55.6 Å². The van der Waals surface area contributed by atoms with E-state index in [2.05, 4.69) is 30.2 Å². The number of carbonyl (C=O) groups excluding carboxylic acids is 1. The van der Waals surface area contributed by atoms with Gasteiger partial charge in [0.25, 0.3) is 5.91 Å². The van der Waals surface area contributed by atoms with Gasteiger partial charge in [-0.05, 0) is 43.7 Å².